The van der Waals surface area contributed by atoms with Gasteiger partial charge in [0.25, 0.3) is 0 Å². The number of nitrogens with zero attached hydrogens (tertiary/aromatic N) is 2. The van der Waals surface area contributed by atoms with Crippen molar-refractivity contribution in [2.45, 2.75) is 66.3 Å². The lowest BCUT2D eigenvalue weighted by Gasteiger charge is -2.54. The fraction of sp³-hybridized carbons (Fsp3) is 0.462. The van der Waals surface area contributed by atoms with E-state index in [4.69, 9.17) is 10.5 Å². The maximum absolute atomic E-state index is 13.6. The fourth-order valence-electron chi connectivity index (χ4n) is 4.30. The molecule has 1 heterocycles. The number of aryl methyl sites for hydroxylation is 1. The van der Waals surface area contributed by atoms with E-state index in [-0.39, 0.29) is 11.9 Å². The van der Waals surface area contributed by atoms with E-state index in [9.17, 15) is 9.59 Å². The standard InChI is InChI=1S/C26H35N3O3/c1-5-16-28(18-21-10-8-19(4)9-11-21)25(31)29-23(30)26(6-2,7-3)24(29)32-22-14-12-20(17-27)13-15-22/h8-15,24H,5-7,16-18,27H2,1-4H3/t24-/m1/s1. The Labute approximate surface area is 191 Å². The van der Waals surface area contributed by atoms with Gasteiger partial charge in [-0.1, -0.05) is 62.7 Å². The lowest BCUT2D eigenvalue weighted by atomic mass is 9.72. The minimum absolute atomic E-state index is 0.152. The third kappa shape index (κ3) is 4.51. The zero-order valence-corrected chi connectivity index (χ0v) is 19.6. The molecule has 1 fully saturated rings. The number of β-lactam (4-membered cyclic amide) rings is 1. The Bertz CT molecular complexity index is 920. The Kier molecular flexibility index (Phi) is 7.56. The molecule has 0 spiro atoms. The molecule has 0 unspecified atom stereocenters. The SMILES string of the molecule is CCCN(Cc1ccc(C)cc1)C(=O)N1C(=O)C(CC)(CC)[C@H]1Oc1ccc(CN)cc1. The predicted molar refractivity (Wildman–Crippen MR) is 126 cm³/mol. The summed E-state index contributed by atoms with van der Waals surface area (Å²) in [6.45, 7) is 9.50. The van der Waals surface area contributed by atoms with Crippen LogP contribution in [-0.4, -0.2) is 34.5 Å². The Balaban J connectivity index is 1.85. The van der Waals surface area contributed by atoms with Gasteiger partial charge in [-0.05, 0) is 49.4 Å². The summed E-state index contributed by atoms with van der Waals surface area (Å²) < 4.78 is 6.26. The molecule has 1 saturated heterocycles. The van der Waals surface area contributed by atoms with Crippen LogP contribution in [0.4, 0.5) is 4.79 Å². The van der Waals surface area contributed by atoms with E-state index in [0.717, 1.165) is 17.5 Å². The monoisotopic (exact) mass is 437 g/mol. The summed E-state index contributed by atoms with van der Waals surface area (Å²) in [7, 11) is 0. The zero-order chi connectivity index (χ0) is 23.3. The molecular weight excluding hydrogens is 402 g/mol. The largest absolute Gasteiger partial charge is 0.469 e. The van der Waals surface area contributed by atoms with Gasteiger partial charge in [0.1, 0.15) is 11.2 Å². The summed E-state index contributed by atoms with van der Waals surface area (Å²) in [6.07, 6.45) is 1.41. The number of urea groups is 1. The van der Waals surface area contributed by atoms with E-state index in [1.807, 2.05) is 76.2 Å². The van der Waals surface area contributed by atoms with Crippen molar-refractivity contribution in [3.63, 3.8) is 0 Å². The first-order chi connectivity index (χ1) is 15.4. The Hall–Kier alpha value is -2.86. The average Bonchev–Trinajstić information content (AvgIpc) is 2.81. The number of hydrogen-bond donors (Lipinski definition) is 1. The summed E-state index contributed by atoms with van der Waals surface area (Å²) in [5.74, 6) is 0.477. The molecule has 3 amide bonds. The van der Waals surface area contributed by atoms with Crippen LogP contribution in [0.25, 0.3) is 0 Å². The molecule has 6 nitrogen and oxygen atoms in total. The third-order valence-corrected chi connectivity index (χ3v) is 6.48. The quantitative estimate of drug-likeness (QED) is 0.570. The second-order valence-electron chi connectivity index (χ2n) is 8.55. The van der Waals surface area contributed by atoms with Crippen molar-refractivity contribution >= 4 is 11.9 Å². The molecule has 0 saturated carbocycles. The molecule has 0 aliphatic carbocycles. The van der Waals surface area contributed by atoms with Crippen LogP contribution in [0.3, 0.4) is 0 Å². The predicted octanol–water partition coefficient (Wildman–Crippen LogP) is 4.84. The number of likely N-dealkylation sites (tertiary alicyclic amines) is 1. The van der Waals surface area contributed by atoms with E-state index in [1.165, 1.54) is 10.5 Å². The van der Waals surface area contributed by atoms with E-state index < -0.39 is 11.6 Å². The first-order valence-corrected chi connectivity index (χ1v) is 11.5. The molecule has 3 rings (SSSR count). The second-order valence-corrected chi connectivity index (χ2v) is 8.55. The molecule has 2 aromatic carbocycles. The molecule has 1 aliphatic heterocycles. The number of hydrogen-bond acceptors (Lipinski definition) is 4. The zero-order valence-electron chi connectivity index (χ0n) is 19.6. The minimum Gasteiger partial charge on any atom is -0.469 e. The van der Waals surface area contributed by atoms with Crippen LogP contribution in [-0.2, 0) is 17.9 Å². The number of benzene rings is 2. The summed E-state index contributed by atoms with van der Waals surface area (Å²) in [6, 6.07) is 15.3. The van der Waals surface area contributed by atoms with Crippen LogP contribution < -0.4 is 10.5 Å². The van der Waals surface area contributed by atoms with Crippen molar-refractivity contribution in [1.29, 1.82) is 0 Å². The van der Waals surface area contributed by atoms with Crippen LogP contribution in [0.1, 0.15) is 56.7 Å². The van der Waals surface area contributed by atoms with Gasteiger partial charge in [0, 0.05) is 19.6 Å². The lowest BCUT2D eigenvalue weighted by Crippen LogP contribution is -2.73. The first-order valence-electron chi connectivity index (χ1n) is 11.5. The van der Waals surface area contributed by atoms with Crippen LogP contribution in [0.5, 0.6) is 5.75 Å². The molecule has 32 heavy (non-hydrogen) atoms. The van der Waals surface area contributed by atoms with Gasteiger partial charge in [-0.2, -0.15) is 0 Å². The molecule has 172 valence electrons. The fourth-order valence-corrected chi connectivity index (χ4v) is 4.30. The number of carbonyl (C=O) groups excluding carboxylic acids is 2. The summed E-state index contributed by atoms with van der Waals surface area (Å²) in [4.78, 5) is 29.9. The summed E-state index contributed by atoms with van der Waals surface area (Å²) in [5, 5.41) is 0. The number of nitrogens with two attached hydrogens (primary N) is 1. The number of imide groups is 1. The highest BCUT2D eigenvalue weighted by molar-refractivity contribution is 6.03. The van der Waals surface area contributed by atoms with Gasteiger partial charge in [0.2, 0.25) is 5.91 Å². The maximum Gasteiger partial charge on any atom is 0.330 e. The van der Waals surface area contributed by atoms with Crippen LogP contribution in [0.2, 0.25) is 0 Å². The molecule has 0 radical (unpaired) electrons. The van der Waals surface area contributed by atoms with Crippen LogP contribution in [0.15, 0.2) is 48.5 Å². The van der Waals surface area contributed by atoms with Gasteiger partial charge >= 0.3 is 6.03 Å². The van der Waals surface area contributed by atoms with Crippen molar-refractivity contribution in [1.82, 2.24) is 9.80 Å². The average molecular weight is 438 g/mol. The Morgan fingerprint density at radius 3 is 2.16 bits per heavy atom. The molecule has 1 aliphatic rings. The Morgan fingerprint density at radius 2 is 1.62 bits per heavy atom. The van der Waals surface area contributed by atoms with Gasteiger partial charge in [-0.25, -0.2) is 9.69 Å². The topological polar surface area (TPSA) is 75.9 Å². The summed E-state index contributed by atoms with van der Waals surface area (Å²) in [5.41, 5.74) is 8.21. The van der Waals surface area contributed by atoms with Gasteiger partial charge in [-0.15, -0.1) is 0 Å². The van der Waals surface area contributed by atoms with Crippen molar-refractivity contribution in [2.75, 3.05) is 6.54 Å². The molecule has 2 aromatic rings. The molecular formula is C26H35N3O3. The van der Waals surface area contributed by atoms with Crippen molar-refractivity contribution in [2.24, 2.45) is 11.1 Å². The second kappa shape index (κ2) is 10.2. The third-order valence-electron chi connectivity index (χ3n) is 6.48. The number of rotatable bonds is 9. The highest BCUT2D eigenvalue weighted by Gasteiger charge is 2.63. The van der Waals surface area contributed by atoms with Crippen molar-refractivity contribution < 1.29 is 14.3 Å². The van der Waals surface area contributed by atoms with Gasteiger partial charge in [0.05, 0.1) is 0 Å². The molecule has 6 heteroatoms. The molecule has 0 bridgehead atoms. The highest BCUT2D eigenvalue weighted by Crippen LogP contribution is 2.46. The highest BCUT2D eigenvalue weighted by atomic mass is 16.5. The molecule has 2 N–H and O–H groups in total. The molecule has 1 atom stereocenters. The van der Waals surface area contributed by atoms with E-state index >= 15 is 0 Å². The normalized spacial score (nSPS) is 17.1. The summed E-state index contributed by atoms with van der Waals surface area (Å²) >= 11 is 0. The maximum atomic E-state index is 13.6. The van der Waals surface area contributed by atoms with E-state index in [1.54, 1.807) is 4.90 Å². The van der Waals surface area contributed by atoms with Crippen molar-refractivity contribution in [3.05, 3.63) is 65.2 Å². The van der Waals surface area contributed by atoms with E-state index in [2.05, 4.69) is 0 Å². The van der Waals surface area contributed by atoms with Crippen molar-refractivity contribution in [3.8, 4) is 5.75 Å². The molecule has 0 aromatic heterocycles. The first kappa shape index (κ1) is 23.8. The minimum atomic E-state index is -0.691. The van der Waals surface area contributed by atoms with E-state index in [0.29, 0.717) is 38.2 Å². The number of carbonyl (C=O) groups is 2. The number of amides is 3. The van der Waals surface area contributed by atoms with Crippen LogP contribution in [0, 0.1) is 12.3 Å². The van der Waals surface area contributed by atoms with Gasteiger partial charge < -0.3 is 15.4 Å². The van der Waals surface area contributed by atoms with Gasteiger partial charge in [-0.3, -0.25) is 4.79 Å². The van der Waals surface area contributed by atoms with Gasteiger partial charge in [0.15, 0.2) is 6.23 Å². The van der Waals surface area contributed by atoms with Crippen LogP contribution >= 0.6 is 0 Å². The number of ether oxygens (including phenoxy) is 1. The lowest BCUT2D eigenvalue weighted by molar-refractivity contribution is -0.192. The smallest absolute Gasteiger partial charge is 0.330 e. The Morgan fingerprint density at radius 1 is 1.03 bits per heavy atom.